The van der Waals surface area contributed by atoms with Crippen LogP contribution in [0.2, 0.25) is 0 Å². The minimum atomic E-state index is -3.66. The molecule has 116 valence electrons. The Morgan fingerprint density at radius 1 is 1.48 bits per heavy atom. The van der Waals surface area contributed by atoms with Gasteiger partial charge in [-0.1, -0.05) is 0 Å². The molecule has 3 rings (SSSR count). The summed E-state index contributed by atoms with van der Waals surface area (Å²) in [6, 6.07) is 1.44. The number of nitrogens with one attached hydrogen (secondary N) is 1. The third kappa shape index (κ3) is 2.30. The number of nitrogens with zero attached hydrogens (tertiary/aromatic N) is 1. The van der Waals surface area contributed by atoms with E-state index in [0.29, 0.717) is 18.4 Å². The van der Waals surface area contributed by atoms with Crippen LogP contribution >= 0.6 is 11.3 Å². The number of carbonyl (C=O) groups excluding carboxylic acids is 1. The highest BCUT2D eigenvalue weighted by atomic mass is 32.2. The SMILES string of the molecule is COC(=O)c1sccc1S(=O)(=O)N1CC2CNCC2C1C. The van der Waals surface area contributed by atoms with E-state index in [1.807, 2.05) is 6.92 Å². The Morgan fingerprint density at radius 2 is 2.24 bits per heavy atom. The number of ether oxygens (including phenoxy) is 1. The van der Waals surface area contributed by atoms with Crippen molar-refractivity contribution in [2.75, 3.05) is 26.7 Å². The van der Waals surface area contributed by atoms with Gasteiger partial charge in [0.1, 0.15) is 9.77 Å². The van der Waals surface area contributed by atoms with Crippen LogP contribution in [0.15, 0.2) is 16.3 Å². The molecule has 0 amide bonds. The topological polar surface area (TPSA) is 75.7 Å². The quantitative estimate of drug-likeness (QED) is 0.828. The second kappa shape index (κ2) is 5.35. The molecule has 0 spiro atoms. The smallest absolute Gasteiger partial charge is 0.349 e. The largest absolute Gasteiger partial charge is 0.465 e. The number of fused-ring (bicyclic) bond motifs is 1. The van der Waals surface area contributed by atoms with Gasteiger partial charge in [0.25, 0.3) is 0 Å². The maximum atomic E-state index is 12.9. The fraction of sp³-hybridized carbons (Fsp3) is 0.615. The van der Waals surface area contributed by atoms with E-state index in [1.54, 1.807) is 5.38 Å². The van der Waals surface area contributed by atoms with Crippen molar-refractivity contribution < 1.29 is 17.9 Å². The molecule has 0 aliphatic carbocycles. The standard InChI is InChI=1S/C13H18N2O4S2/c1-8-10-6-14-5-9(10)7-15(8)21(17,18)11-3-4-20-12(11)13(16)19-2/h3-4,8-10,14H,5-7H2,1-2H3. The van der Waals surface area contributed by atoms with Gasteiger partial charge in [-0.2, -0.15) is 4.31 Å². The summed E-state index contributed by atoms with van der Waals surface area (Å²) in [5, 5.41) is 4.92. The number of methoxy groups -OCH3 is 1. The summed E-state index contributed by atoms with van der Waals surface area (Å²) in [6.45, 7) is 4.16. The number of esters is 1. The molecule has 1 aromatic rings. The van der Waals surface area contributed by atoms with E-state index in [9.17, 15) is 13.2 Å². The number of hydrogen-bond acceptors (Lipinski definition) is 6. The van der Waals surface area contributed by atoms with Crippen LogP contribution in [0.3, 0.4) is 0 Å². The van der Waals surface area contributed by atoms with Crippen molar-refractivity contribution in [1.82, 2.24) is 9.62 Å². The molecule has 1 aromatic heterocycles. The van der Waals surface area contributed by atoms with Gasteiger partial charge in [0.2, 0.25) is 10.0 Å². The first kappa shape index (κ1) is 15.0. The maximum Gasteiger partial charge on any atom is 0.349 e. The van der Waals surface area contributed by atoms with Gasteiger partial charge in [0.05, 0.1) is 7.11 Å². The van der Waals surface area contributed by atoms with Crippen LogP contribution in [0.25, 0.3) is 0 Å². The zero-order valence-electron chi connectivity index (χ0n) is 11.9. The van der Waals surface area contributed by atoms with Crippen LogP contribution in [-0.2, 0) is 14.8 Å². The first-order valence-corrected chi connectivity index (χ1v) is 9.17. The molecule has 1 N–H and O–H groups in total. The average molecular weight is 330 g/mol. The Kier molecular flexibility index (Phi) is 3.81. The highest BCUT2D eigenvalue weighted by Gasteiger charge is 2.47. The number of rotatable bonds is 3. The van der Waals surface area contributed by atoms with Crippen LogP contribution in [0.5, 0.6) is 0 Å². The number of thiophene rings is 1. The van der Waals surface area contributed by atoms with E-state index in [4.69, 9.17) is 0 Å². The van der Waals surface area contributed by atoms with Crippen LogP contribution in [-0.4, -0.2) is 51.5 Å². The summed E-state index contributed by atoms with van der Waals surface area (Å²) >= 11 is 1.10. The van der Waals surface area contributed by atoms with E-state index in [0.717, 1.165) is 24.4 Å². The van der Waals surface area contributed by atoms with Crippen LogP contribution < -0.4 is 5.32 Å². The fourth-order valence-corrected chi connectivity index (χ4v) is 6.36. The molecule has 2 aliphatic heterocycles. The zero-order chi connectivity index (χ0) is 15.2. The van der Waals surface area contributed by atoms with Crippen molar-refractivity contribution in [2.45, 2.75) is 17.9 Å². The van der Waals surface area contributed by atoms with Crippen LogP contribution in [0.4, 0.5) is 0 Å². The molecule has 2 saturated heterocycles. The summed E-state index contributed by atoms with van der Waals surface area (Å²) in [6.07, 6.45) is 0. The molecule has 0 radical (unpaired) electrons. The third-order valence-electron chi connectivity index (χ3n) is 4.47. The number of sulfonamides is 1. The predicted molar refractivity (Wildman–Crippen MR) is 78.9 cm³/mol. The molecule has 2 aliphatic rings. The van der Waals surface area contributed by atoms with Crippen molar-refractivity contribution in [3.63, 3.8) is 0 Å². The van der Waals surface area contributed by atoms with Gasteiger partial charge in [0, 0.05) is 12.6 Å². The van der Waals surface area contributed by atoms with E-state index >= 15 is 0 Å². The Balaban J connectivity index is 1.95. The maximum absolute atomic E-state index is 12.9. The molecule has 21 heavy (non-hydrogen) atoms. The van der Waals surface area contributed by atoms with E-state index in [2.05, 4.69) is 10.1 Å². The highest BCUT2D eigenvalue weighted by Crippen LogP contribution is 2.37. The summed E-state index contributed by atoms with van der Waals surface area (Å²) in [5.41, 5.74) is 0. The van der Waals surface area contributed by atoms with Crippen LogP contribution in [0, 0.1) is 11.8 Å². The third-order valence-corrected chi connectivity index (χ3v) is 7.49. The van der Waals surface area contributed by atoms with Gasteiger partial charge in [0.15, 0.2) is 0 Å². The minimum absolute atomic E-state index is 0.0552. The zero-order valence-corrected chi connectivity index (χ0v) is 13.5. The van der Waals surface area contributed by atoms with Crippen molar-refractivity contribution in [3.05, 3.63) is 16.3 Å². The molecule has 0 aromatic carbocycles. The summed E-state index contributed by atoms with van der Waals surface area (Å²) in [7, 11) is -2.40. The lowest BCUT2D eigenvalue weighted by Crippen LogP contribution is -2.38. The Morgan fingerprint density at radius 3 is 2.90 bits per heavy atom. The number of carbonyl (C=O) groups is 1. The minimum Gasteiger partial charge on any atom is -0.465 e. The van der Waals surface area contributed by atoms with Gasteiger partial charge in [-0.3, -0.25) is 0 Å². The van der Waals surface area contributed by atoms with Crippen LogP contribution in [0.1, 0.15) is 16.6 Å². The lowest BCUT2D eigenvalue weighted by atomic mass is 9.95. The highest BCUT2D eigenvalue weighted by molar-refractivity contribution is 7.89. The summed E-state index contributed by atoms with van der Waals surface area (Å²) in [5.74, 6) is 0.104. The molecular formula is C13H18N2O4S2. The second-order valence-corrected chi connectivity index (χ2v) is 8.28. The van der Waals surface area contributed by atoms with Crippen molar-refractivity contribution in [3.8, 4) is 0 Å². The Bertz CT molecular complexity index is 655. The van der Waals surface area contributed by atoms with E-state index in [1.165, 1.54) is 17.5 Å². The van der Waals surface area contributed by atoms with Gasteiger partial charge in [-0.25, -0.2) is 13.2 Å². The van der Waals surface area contributed by atoms with E-state index in [-0.39, 0.29) is 15.8 Å². The molecular weight excluding hydrogens is 312 g/mol. The first-order chi connectivity index (χ1) is 9.96. The molecule has 2 fully saturated rings. The molecule has 0 saturated carbocycles. The number of hydrogen-bond donors (Lipinski definition) is 1. The second-order valence-electron chi connectivity index (χ2n) is 5.50. The Hall–Kier alpha value is -0.960. The van der Waals surface area contributed by atoms with Crippen molar-refractivity contribution in [1.29, 1.82) is 0 Å². The normalized spacial score (nSPS) is 29.5. The predicted octanol–water partition coefficient (Wildman–Crippen LogP) is 0.763. The summed E-state index contributed by atoms with van der Waals surface area (Å²) < 4.78 is 32.0. The van der Waals surface area contributed by atoms with Gasteiger partial charge < -0.3 is 10.1 Å². The van der Waals surface area contributed by atoms with Crippen molar-refractivity contribution >= 4 is 27.3 Å². The molecule has 8 heteroatoms. The molecule has 6 nitrogen and oxygen atoms in total. The first-order valence-electron chi connectivity index (χ1n) is 6.85. The molecule has 3 unspecified atom stereocenters. The summed E-state index contributed by atoms with van der Waals surface area (Å²) in [4.78, 5) is 12.0. The lowest BCUT2D eigenvalue weighted by Gasteiger charge is -2.23. The lowest BCUT2D eigenvalue weighted by molar-refractivity contribution is 0.0602. The molecule has 3 heterocycles. The molecule has 0 bridgehead atoms. The van der Waals surface area contributed by atoms with Crippen molar-refractivity contribution in [2.24, 2.45) is 11.8 Å². The monoisotopic (exact) mass is 330 g/mol. The average Bonchev–Trinajstić information content (AvgIpc) is 3.14. The van der Waals surface area contributed by atoms with Gasteiger partial charge in [-0.15, -0.1) is 11.3 Å². The van der Waals surface area contributed by atoms with Gasteiger partial charge in [-0.05, 0) is 43.3 Å². The Labute approximate surface area is 128 Å². The van der Waals surface area contributed by atoms with Gasteiger partial charge >= 0.3 is 5.97 Å². The van der Waals surface area contributed by atoms with E-state index < -0.39 is 16.0 Å². The molecule has 3 atom stereocenters. The fourth-order valence-electron chi connectivity index (χ4n) is 3.31.